The highest BCUT2D eigenvalue weighted by molar-refractivity contribution is 5.72. The molecule has 1 aromatic heterocycles. The van der Waals surface area contributed by atoms with Crippen LogP contribution in [0.2, 0.25) is 0 Å². The summed E-state index contributed by atoms with van der Waals surface area (Å²) in [7, 11) is 1.69. The number of benzene rings is 1. The van der Waals surface area contributed by atoms with Crippen LogP contribution in [0.5, 0.6) is 0 Å². The number of aryl methyl sites for hydroxylation is 1. The van der Waals surface area contributed by atoms with Gasteiger partial charge < -0.3 is 5.73 Å². The summed E-state index contributed by atoms with van der Waals surface area (Å²) < 4.78 is 14.3. The van der Waals surface area contributed by atoms with Crippen molar-refractivity contribution in [3.8, 4) is 17.3 Å². The van der Waals surface area contributed by atoms with Gasteiger partial charge in [0.15, 0.2) is 5.82 Å². The maximum absolute atomic E-state index is 12.8. The minimum Gasteiger partial charge on any atom is -0.381 e. The monoisotopic (exact) mass is 216 g/mol. The normalized spacial score (nSPS) is 10.1. The summed E-state index contributed by atoms with van der Waals surface area (Å²) in [5, 5.41) is 12.9. The van der Waals surface area contributed by atoms with E-state index in [1.165, 1.54) is 16.8 Å². The van der Waals surface area contributed by atoms with Gasteiger partial charge in [-0.15, -0.1) is 0 Å². The minimum atomic E-state index is -0.322. The summed E-state index contributed by atoms with van der Waals surface area (Å²) in [6.07, 6.45) is 0. The van der Waals surface area contributed by atoms with Crippen LogP contribution in [0, 0.1) is 17.1 Å². The molecule has 4 nitrogen and oxygen atoms in total. The average molecular weight is 216 g/mol. The number of hydrogen-bond acceptors (Lipinski definition) is 3. The van der Waals surface area contributed by atoms with Crippen LogP contribution >= 0.6 is 0 Å². The Kier molecular flexibility index (Phi) is 2.33. The first-order valence-electron chi connectivity index (χ1n) is 4.62. The molecule has 2 N–H and O–H groups in total. The molecule has 0 saturated carbocycles. The summed E-state index contributed by atoms with van der Waals surface area (Å²) in [6, 6.07) is 7.84. The Balaban J connectivity index is 2.64. The third kappa shape index (κ3) is 1.50. The number of nitrogens with zero attached hydrogens (tertiary/aromatic N) is 3. The van der Waals surface area contributed by atoms with Gasteiger partial charge in [0.2, 0.25) is 0 Å². The van der Waals surface area contributed by atoms with Crippen molar-refractivity contribution in [3.05, 3.63) is 35.6 Å². The van der Waals surface area contributed by atoms with Crippen molar-refractivity contribution >= 4 is 5.82 Å². The number of nitrogens with two attached hydrogens (primary N) is 1. The van der Waals surface area contributed by atoms with Gasteiger partial charge in [0.25, 0.3) is 0 Å². The first kappa shape index (κ1) is 10.2. The highest BCUT2D eigenvalue weighted by atomic mass is 19.1. The van der Waals surface area contributed by atoms with Crippen LogP contribution < -0.4 is 5.73 Å². The van der Waals surface area contributed by atoms with Gasteiger partial charge in [0.1, 0.15) is 17.4 Å². The molecule has 2 aromatic rings. The lowest BCUT2D eigenvalue weighted by Crippen LogP contribution is -1.94. The maximum atomic E-state index is 12.8. The van der Waals surface area contributed by atoms with Gasteiger partial charge >= 0.3 is 0 Å². The fraction of sp³-hybridized carbons (Fsp3) is 0.0909. The fourth-order valence-corrected chi connectivity index (χ4v) is 1.59. The molecular weight excluding hydrogens is 207 g/mol. The van der Waals surface area contributed by atoms with E-state index in [-0.39, 0.29) is 11.6 Å². The lowest BCUT2D eigenvalue weighted by atomic mass is 10.1. The predicted octanol–water partition coefficient (Wildman–Crippen LogP) is 1.68. The van der Waals surface area contributed by atoms with Gasteiger partial charge in [0.05, 0.1) is 5.69 Å². The fourth-order valence-electron chi connectivity index (χ4n) is 1.59. The summed E-state index contributed by atoms with van der Waals surface area (Å²) in [4.78, 5) is 0. The maximum Gasteiger partial charge on any atom is 0.164 e. The number of aromatic nitrogens is 2. The van der Waals surface area contributed by atoms with Crippen molar-refractivity contribution in [1.82, 2.24) is 9.78 Å². The molecule has 0 unspecified atom stereocenters. The largest absolute Gasteiger partial charge is 0.381 e. The highest BCUT2D eigenvalue weighted by Gasteiger charge is 2.15. The van der Waals surface area contributed by atoms with Gasteiger partial charge in [-0.1, -0.05) is 0 Å². The van der Waals surface area contributed by atoms with Crippen molar-refractivity contribution in [2.45, 2.75) is 0 Å². The molecule has 0 saturated heterocycles. The number of nitrogen functional groups attached to an aromatic ring is 1. The van der Waals surface area contributed by atoms with Crippen LogP contribution in [0.1, 0.15) is 5.56 Å². The molecule has 0 fully saturated rings. The number of anilines is 1. The molecule has 0 radical (unpaired) electrons. The van der Waals surface area contributed by atoms with Crippen LogP contribution in [0.4, 0.5) is 10.2 Å². The first-order chi connectivity index (χ1) is 7.63. The molecule has 1 heterocycles. The third-order valence-corrected chi connectivity index (χ3v) is 2.30. The van der Waals surface area contributed by atoms with Crippen molar-refractivity contribution in [3.63, 3.8) is 0 Å². The van der Waals surface area contributed by atoms with Crippen LogP contribution in [0.3, 0.4) is 0 Å². The molecule has 5 heteroatoms. The van der Waals surface area contributed by atoms with E-state index < -0.39 is 0 Å². The standard InChI is InChI=1S/C11H9FN4/c1-16-10(9(6-13)11(14)15-16)7-2-4-8(12)5-3-7/h2-5H,1H3,(H2,14,15). The van der Waals surface area contributed by atoms with Gasteiger partial charge in [-0.3, -0.25) is 4.68 Å². The molecule has 2 rings (SSSR count). The third-order valence-electron chi connectivity index (χ3n) is 2.30. The van der Waals surface area contributed by atoms with Crippen LogP contribution in [0.15, 0.2) is 24.3 Å². The zero-order valence-electron chi connectivity index (χ0n) is 8.61. The van der Waals surface area contributed by atoms with E-state index in [0.29, 0.717) is 16.8 Å². The Morgan fingerprint density at radius 1 is 1.38 bits per heavy atom. The van der Waals surface area contributed by atoms with E-state index in [1.54, 1.807) is 19.2 Å². The second-order valence-corrected chi connectivity index (χ2v) is 3.35. The number of rotatable bonds is 1. The molecule has 0 aliphatic rings. The van der Waals surface area contributed by atoms with E-state index in [2.05, 4.69) is 5.10 Å². The molecule has 1 aromatic carbocycles. The Labute approximate surface area is 91.7 Å². The quantitative estimate of drug-likeness (QED) is 0.788. The van der Waals surface area contributed by atoms with E-state index in [0.717, 1.165) is 0 Å². The predicted molar refractivity (Wildman–Crippen MR) is 57.7 cm³/mol. The number of hydrogen-bond donors (Lipinski definition) is 1. The second-order valence-electron chi connectivity index (χ2n) is 3.35. The Bertz CT molecular complexity index is 563. The van der Waals surface area contributed by atoms with Crippen LogP contribution in [0.25, 0.3) is 11.3 Å². The lowest BCUT2D eigenvalue weighted by Gasteiger charge is -2.02. The summed E-state index contributed by atoms with van der Waals surface area (Å²) >= 11 is 0. The zero-order valence-corrected chi connectivity index (χ0v) is 8.61. The molecule has 0 bridgehead atoms. The van der Waals surface area contributed by atoms with Crippen LogP contribution in [-0.4, -0.2) is 9.78 Å². The Morgan fingerprint density at radius 2 is 2.00 bits per heavy atom. The molecule has 0 spiro atoms. The average Bonchev–Trinajstić information content (AvgIpc) is 2.54. The molecule has 0 atom stereocenters. The van der Waals surface area contributed by atoms with Gasteiger partial charge in [-0.05, 0) is 24.3 Å². The van der Waals surface area contributed by atoms with Crippen molar-refractivity contribution in [2.75, 3.05) is 5.73 Å². The molecule has 0 amide bonds. The zero-order chi connectivity index (χ0) is 11.7. The van der Waals surface area contributed by atoms with Gasteiger partial charge in [0, 0.05) is 12.6 Å². The summed E-state index contributed by atoms with van der Waals surface area (Å²) in [6.45, 7) is 0. The van der Waals surface area contributed by atoms with E-state index in [1.807, 2.05) is 6.07 Å². The Morgan fingerprint density at radius 3 is 2.56 bits per heavy atom. The molecule has 80 valence electrons. The summed E-state index contributed by atoms with van der Waals surface area (Å²) in [5.41, 5.74) is 7.22. The topological polar surface area (TPSA) is 67.6 Å². The molecular formula is C11H9FN4. The number of halogens is 1. The highest BCUT2D eigenvalue weighted by Crippen LogP contribution is 2.26. The molecule has 16 heavy (non-hydrogen) atoms. The number of nitriles is 1. The SMILES string of the molecule is Cn1nc(N)c(C#N)c1-c1ccc(F)cc1. The van der Waals surface area contributed by atoms with Gasteiger partial charge in [-0.25, -0.2) is 4.39 Å². The van der Waals surface area contributed by atoms with E-state index >= 15 is 0 Å². The minimum absolute atomic E-state index is 0.185. The van der Waals surface area contributed by atoms with E-state index in [9.17, 15) is 4.39 Å². The van der Waals surface area contributed by atoms with Crippen molar-refractivity contribution in [2.24, 2.45) is 7.05 Å². The summed E-state index contributed by atoms with van der Waals surface area (Å²) in [5.74, 6) is -0.137. The van der Waals surface area contributed by atoms with Crippen molar-refractivity contribution < 1.29 is 4.39 Å². The molecule has 0 aliphatic heterocycles. The smallest absolute Gasteiger partial charge is 0.164 e. The second kappa shape index (κ2) is 3.66. The molecule has 0 aliphatic carbocycles. The van der Waals surface area contributed by atoms with E-state index in [4.69, 9.17) is 11.0 Å². The van der Waals surface area contributed by atoms with Crippen LogP contribution in [-0.2, 0) is 7.05 Å². The van der Waals surface area contributed by atoms with Crippen molar-refractivity contribution in [1.29, 1.82) is 5.26 Å². The van der Waals surface area contributed by atoms with Gasteiger partial charge in [-0.2, -0.15) is 10.4 Å². The first-order valence-corrected chi connectivity index (χ1v) is 4.62. The lowest BCUT2D eigenvalue weighted by molar-refractivity contribution is 0.628. The Hall–Kier alpha value is -2.35.